The van der Waals surface area contributed by atoms with E-state index in [0.29, 0.717) is 6.04 Å². The highest BCUT2D eigenvalue weighted by atomic mass is 35.5. The lowest BCUT2D eigenvalue weighted by Crippen LogP contribution is -2.28. The predicted molar refractivity (Wildman–Crippen MR) is 74.7 cm³/mol. The molecule has 1 aromatic carbocycles. The summed E-state index contributed by atoms with van der Waals surface area (Å²) in [6.07, 6.45) is 4.74. The van der Waals surface area contributed by atoms with Crippen LogP contribution in [0.5, 0.6) is 0 Å². The van der Waals surface area contributed by atoms with Crippen LogP contribution in [0, 0.1) is 0 Å². The average Bonchev–Trinajstić information content (AvgIpc) is 2.72. The van der Waals surface area contributed by atoms with Gasteiger partial charge in [-0.15, -0.1) is 0 Å². The zero-order chi connectivity index (χ0) is 13.0. The van der Waals surface area contributed by atoms with Crippen LogP contribution in [-0.2, 0) is 20.0 Å². The number of aryl methyl sites for hydroxylation is 1. The molecule has 1 atom stereocenters. The van der Waals surface area contributed by atoms with Gasteiger partial charge in [-0.2, -0.15) is 0 Å². The van der Waals surface area contributed by atoms with E-state index >= 15 is 0 Å². The second-order valence-corrected chi connectivity index (χ2v) is 5.01. The SMILES string of the molecule is CC(Cc1cccc(Cl)c1)NCc1nccn1C. The lowest BCUT2D eigenvalue weighted by Gasteiger charge is -2.14. The third kappa shape index (κ3) is 3.59. The van der Waals surface area contributed by atoms with Crippen molar-refractivity contribution in [3.63, 3.8) is 0 Å². The zero-order valence-electron chi connectivity index (χ0n) is 10.7. The van der Waals surface area contributed by atoms with E-state index in [4.69, 9.17) is 11.6 Å². The van der Waals surface area contributed by atoms with Gasteiger partial charge >= 0.3 is 0 Å². The Balaban J connectivity index is 1.86. The van der Waals surface area contributed by atoms with Gasteiger partial charge in [-0.1, -0.05) is 23.7 Å². The van der Waals surface area contributed by atoms with Crippen LogP contribution in [0.25, 0.3) is 0 Å². The number of aromatic nitrogens is 2. The maximum Gasteiger partial charge on any atom is 0.122 e. The molecular formula is C14H18ClN3. The summed E-state index contributed by atoms with van der Waals surface area (Å²) in [5, 5.41) is 4.26. The molecule has 0 bridgehead atoms. The zero-order valence-corrected chi connectivity index (χ0v) is 11.5. The van der Waals surface area contributed by atoms with E-state index in [1.165, 1.54) is 5.56 Å². The van der Waals surface area contributed by atoms with E-state index in [9.17, 15) is 0 Å². The van der Waals surface area contributed by atoms with Crippen molar-refractivity contribution >= 4 is 11.6 Å². The van der Waals surface area contributed by atoms with Crippen LogP contribution in [-0.4, -0.2) is 15.6 Å². The Hall–Kier alpha value is -1.32. The molecule has 4 heteroatoms. The number of halogens is 1. The van der Waals surface area contributed by atoms with E-state index in [1.54, 1.807) is 0 Å². The summed E-state index contributed by atoms with van der Waals surface area (Å²) in [5.74, 6) is 1.05. The summed E-state index contributed by atoms with van der Waals surface area (Å²) in [6, 6.07) is 8.39. The first-order valence-electron chi connectivity index (χ1n) is 6.09. The molecule has 1 N–H and O–H groups in total. The highest BCUT2D eigenvalue weighted by Gasteiger charge is 2.05. The van der Waals surface area contributed by atoms with Crippen molar-refractivity contribution in [3.05, 3.63) is 53.1 Å². The summed E-state index contributed by atoms with van der Waals surface area (Å²) in [6.45, 7) is 2.95. The lowest BCUT2D eigenvalue weighted by atomic mass is 10.1. The molecule has 1 unspecified atom stereocenters. The maximum atomic E-state index is 5.97. The quantitative estimate of drug-likeness (QED) is 0.899. The lowest BCUT2D eigenvalue weighted by molar-refractivity contribution is 0.526. The van der Waals surface area contributed by atoms with Crippen molar-refractivity contribution in [2.24, 2.45) is 7.05 Å². The van der Waals surface area contributed by atoms with Gasteiger partial charge in [-0.3, -0.25) is 0 Å². The highest BCUT2D eigenvalue weighted by Crippen LogP contribution is 2.12. The van der Waals surface area contributed by atoms with E-state index in [-0.39, 0.29) is 0 Å². The molecular weight excluding hydrogens is 246 g/mol. The maximum absolute atomic E-state index is 5.97. The van der Waals surface area contributed by atoms with Gasteiger partial charge in [0, 0.05) is 30.5 Å². The number of imidazole rings is 1. The van der Waals surface area contributed by atoms with Gasteiger partial charge in [-0.05, 0) is 31.0 Å². The van der Waals surface area contributed by atoms with E-state index in [1.807, 2.05) is 42.2 Å². The van der Waals surface area contributed by atoms with Gasteiger partial charge in [0.05, 0.1) is 6.54 Å². The van der Waals surface area contributed by atoms with Gasteiger partial charge in [0.2, 0.25) is 0 Å². The Morgan fingerprint density at radius 3 is 2.94 bits per heavy atom. The minimum atomic E-state index is 0.389. The minimum absolute atomic E-state index is 0.389. The molecule has 96 valence electrons. The van der Waals surface area contributed by atoms with E-state index in [0.717, 1.165) is 23.8 Å². The van der Waals surface area contributed by atoms with Crippen LogP contribution >= 0.6 is 11.6 Å². The van der Waals surface area contributed by atoms with Crippen LogP contribution in [0.1, 0.15) is 18.3 Å². The van der Waals surface area contributed by atoms with Crippen molar-refractivity contribution in [1.82, 2.24) is 14.9 Å². The molecule has 1 aromatic heterocycles. The summed E-state index contributed by atoms with van der Waals surface area (Å²) in [4.78, 5) is 4.29. The Labute approximate surface area is 113 Å². The first kappa shape index (κ1) is 13.1. The summed E-state index contributed by atoms with van der Waals surface area (Å²) < 4.78 is 2.03. The molecule has 2 aromatic rings. The van der Waals surface area contributed by atoms with Crippen molar-refractivity contribution in [2.45, 2.75) is 25.9 Å². The van der Waals surface area contributed by atoms with E-state index < -0.39 is 0 Å². The van der Waals surface area contributed by atoms with Crippen LogP contribution in [0.4, 0.5) is 0 Å². The summed E-state index contributed by atoms with van der Waals surface area (Å²) >= 11 is 5.97. The molecule has 3 nitrogen and oxygen atoms in total. The normalized spacial score (nSPS) is 12.6. The highest BCUT2D eigenvalue weighted by molar-refractivity contribution is 6.30. The molecule has 0 saturated carbocycles. The Bertz CT molecular complexity index is 507. The van der Waals surface area contributed by atoms with Gasteiger partial charge in [0.1, 0.15) is 5.82 Å². The average molecular weight is 264 g/mol. The number of hydrogen-bond donors (Lipinski definition) is 1. The third-order valence-corrected chi connectivity index (χ3v) is 3.20. The molecule has 2 rings (SSSR count). The van der Waals surface area contributed by atoms with Crippen LogP contribution in [0.3, 0.4) is 0 Å². The summed E-state index contributed by atoms with van der Waals surface area (Å²) in [5.41, 5.74) is 1.25. The molecule has 0 saturated heterocycles. The van der Waals surface area contributed by atoms with E-state index in [2.05, 4.69) is 23.3 Å². The third-order valence-electron chi connectivity index (χ3n) is 2.96. The number of hydrogen-bond acceptors (Lipinski definition) is 2. The Morgan fingerprint density at radius 2 is 2.28 bits per heavy atom. The van der Waals surface area contributed by atoms with Crippen molar-refractivity contribution < 1.29 is 0 Å². The molecule has 0 spiro atoms. The fourth-order valence-electron chi connectivity index (χ4n) is 1.92. The predicted octanol–water partition coefficient (Wildman–Crippen LogP) is 2.79. The smallest absolute Gasteiger partial charge is 0.122 e. The van der Waals surface area contributed by atoms with Crippen molar-refractivity contribution in [1.29, 1.82) is 0 Å². The monoisotopic (exact) mass is 263 g/mol. The number of nitrogens with zero attached hydrogens (tertiary/aromatic N) is 2. The molecule has 1 heterocycles. The second-order valence-electron chi connectivity index (χ2n) is 4.57. The number of rotatable bonds is 5. The van der Waals surface area contributed by atoms with Crippen LogP contribution < -0.4 is 5.32 Å². The largest absolute Gasteiger partial charge is 0.337 e. The Morgan fingerprint density at radius 1 is 1.44 bits per heavy atom. The van der Waals surface area contributed by atoms with Crippen molar-refractivity contribution in [3.8, 4) is 0 Å². The molecule has 0 aliphatic carbocycles. The van der Waals surface area contributed by atoms with Gasteiger partial charge in [0.25, 0.3) is 0 Å². The standard InChI is InChI=1S/C14H18ClN3/c1-11(8-12-4-3-5-13(15)9-12)17-10-14-16-6-7-18(14)2/h3-7,9,11,17H,8,10H2,1-2H3. The molecule has 0 aliphatic rings. The first-order chi connectivity index (χ1) is 8.65. The fourth-order valence-corrected chi connectivity index (χ4v) is 2.13. The second kappa shape index (κ2) is 6.03. The fraction of sp³-hybridized carbons (Fsp3) is 0.357. The van der Waals surface area contributed by atoms with Gasteiger partial charge in [0.15, 0.2) is 0 Å². The molecule has 0 amide bonds. The first-order valence-corrected chi connectivity index (χ1v) is 6.47. The van der Waals surface area contributed by atoms with Gasteiger partial charge < -0.3 is 9.88 Å². The number of nitrogens with one attached hydrogen (secondary N) is 1. The number of benzene rings is 1. The minimum Gasteiger partial charge on any atom is -0.337 e. The Kier molecular flexibility index (Phi) is 4.39. The van der Waals surface area contributed by atoms with Crippen molar-refractivity contribution in [2.75, 3.05) is 0 Å². The van der Waals surface area contributed by atoms with Gasteiger partial charge in [-0.25, -0.2) is 4.98 Å². The molecule has 18 heavy (non-hydrogen) atoms. The molecule has 0 fully saturated rings. The molecule has 0 radical (unpaired) electrons. The summed E-state index contributed by atoms with van der Waals surface area (Å²) in [7, 11) is 2.01. The topological polar surface area (TPSA) is 29.9 Å². The van der Waals surface area contributed by atoms with Crippen LogP contribution in [0.15, 0.2) is 36.7 Å². The molecule has 0 aliphatic heterocycles. The van der Waals surface area contributed by atoms with Crippen LogP contribution in [0.2, 0.25) is 5.02 Å².